The molecule has 1 aliphatic rings. The van der Waals surface area contributed by atoms with Gasteiger partial charge in [-0.25, -0.2) is 4.79 Å². The second-order valence-corrected chi connectivity index (χ2v) is 7.95. The molecular formula is C20H32N4O2+2. The second-order valence-electron chi connectivity index (χ2n) is 7.95. The number of carbonyl (C=O) groups is 2. The van der Waals surface area contributed by atoms with Gasteiger partial charge in [0.25, 0.3) is 5.91 Å². The Morgan fingerprint density at radius 1 is 1.04 bits per heavy atom. The van der Waals surface area contributed by atoms with Crippen LogP contribution in [0.3, 0.4) is 0 Å². The van der Waals surface area contributed by atoms with Crippen LogP contribution >= 0.6 is 0 Å². The van der Waals surface area contributed by atoms with E-state index in [1.165, 1.54) is 15.4 Å². The molecule has 3 amide bonds. The van der Waals surface area contributed by atoms with E-state index in [0.717, 1.165) is 32.7 Å². The highest BCUT2D eigenvalue weighted by atomic mass is 16.2. The van der Waals surface area contributed by atoms with Crippen molar-refractivity contribution in [1.82, 2.24) is 10.6 Å². The number of hydrogen-bond donors (Lipinski definition) is 4. The summed E-state index contributed by atoms with van der Waals surface area (Å²) in [6.07, 6.45) is 4.38. The van der Waals surface area contributed by atoms with Crippen LogP contribution in [0.1, 0.15) is 26.3 Å². The Morgan fingerprint density at radius 2 is 1.65 bits per heavy atom. The molecule has 142 valence electrons. The average Bonchev–Trinajstić information content (AvgIpc) is 2.55. The minimum Gasteiger partial charge on any atom is -0.333 e. The fraction of sp³-hybridized carbons (Fsp3) is 0.500. The molecule has 0 aromatic heterocycles. The highest BCUT2D eigenvalue weighted by molar-refractivity contribution is 5.94. The maximum absolute atomic E-state index is 12.0. The van der Waals surface area contributed by atoms with Gasteiger partial charge < -0.3 is 15.1 Å². The number of amides is 3. The van der Waals surface area contributed by atoms with Gasteiger partial charge in [0.2, 0.25) is 0 Å². The number of imide groups is 1. The lowest BCUT2D eigenvalue weighted by molar-refractivity contribution is -1.01. The third-order valence-corrected chi connectivity index (χ3v) is 4.33. The number of benzene rings is 1. The van der Waals surface area contributed by atoms with Crippen LogP contribution in [0.15, 0.2) is 36.4 Å². The molecule has 2 rings (SSSR count). The molecule has 0 radical (unpaired) electrons. The second kappa shape index (κ2) is 9.50. The summed E-state index contributed by atoms with van der Waals surface area (Å²) in [5, 5.41) is 5.16. The molecule has 26 heavy (non-hydrogen) atoms. The first kappa shape index (κ1) is 20.1. The molecule has 6 nitrogen and oxygen atoms in total. The van der Waals surface area contributed by atoms with Gasteiger partial charge in [-0.2, -0.15) is 0 Å². The van der Waals surface area contributed by atoms with Crippen molar-refractivity contribution in [2.45, 2.75) is 26.3 Å². The molecule has 1 aromatic rings. The van der Waals surface area contributed by atoms with Gasteiger partial charge in [0, 0.05) is 5.54 Å². The molecule has 1 aromatic carbocycles. The van der Waals surface area contributed by atoms with E-state index >= 15 is 0 Å². The summed E-state index contributed by atoms with van der Waals surface area (Å²) in [6, 6.07) is 9.89. The van der Waals surface area contributed by atoms with E-state index in [1.54, 1.807) is 0 Å². The van der Waals surface area contributed by atoms with Crippen molar-refractivity contribution >= 4 is 18.0 Å². The number of nitrogens with one attached hydrogen (secondary N) is 4. The number of rotatable bonds is 5. The zero-order valence-electron chi connectivity index (χ0n) is 16.1. The van der Waals surface area contributed by atoms with E-state index in [2.05, 4.69) is 34.9 Å². The van der Waals surface area contributed by atoms with Crippen LogP contribution in [0.2, 0.25) is 0 Å². The average molecular weight is 361 g/mol. The smallest absolute Gasteiger partial charge is 0.322 e. The Hall–Kier alpha value is -2.18. The summed E-state index contributed by atoms with van der Waals surface area (Å²) in [5.74, 6) is -0.214. The Morgan fingerprint density at radius 3 is 2.27 bits per heavy atom. The maximum Gasteiger partial charge on any atom is 0.322 e. The van der Waals surface area contributed by atoms with Gasteiger partial charge in [-0.1, -0.05) is 36.4 Å². The van der Waals surface area contributed by atoms with Gasteiger partial charge in [0.1, 0.15) is 26.2 Å². The van der Waals surface area contributed by atoms with Crippen molar-refractivity contribution < 1.29 is 19.4 Å². The van der Waals surface area contributed by atoms with E-state index in [1.807, 2.05) is 39.0 Å². The van der Waals surface area contributed by atoms with Crippen LogP contribution in [0, 0.1) is 0 Å². The van der Waals surface area contributed by atoms with Crippen LogP contribution in [-0.4, -0.2) is 56.7 Å². The largest absolute Gasteiger partial charge is 0.333 e. The number of hydrogen-bond acceptors (Lipinski definition) is 2. The van der Waals surface area contributed by atoms with Crippen LogP contribution in [0.5, 0.6) is 0 Å². The maximum atomic E-state index is 12.0. The normalized spacial score (nSPS) is 20.7. The summed E-state index contributed by atoms with van der Waals surface area (Å²) in [5.41, 5.74) is 0.876. The van der Waals surface area contributed by atoms with Crippen LogP contribution < -0.4 is 20.4 Å². The highest BCUT2D eigenvalue weighted by Crippen LogP contribution is 1.99. The SMILES string of the molecule is CC(C)(C)NC(=O)NC(=O)C[NH+]1CC[NH+](C/C=C/c2ccccc2)CC1. The van der Waals surface area contributed by atoms with Gasteiger partial charge in [-0.15, -0.1) is 0 Å². The third kappa shape index (κ3) is 7.80. The van der Waals surface area contributed by atoms with E-state index in [-0.39, 0.29) is 11.4 Å². The molecule has 0 saturated carbocycles. The molecule has 0 atom stereocenters. The monoisotopic (exact) mass is 360 g/mol. The first-order valence-corrected chi connectivity index (χ1v) is 9.32. The summed E-state index contributed by atoms with van der Waals surface area (Å²) >= 11 is 0. The van der Waals surface area contributed by atoms with Gasteiger partial charge in [-0.3, -0.25) is 10.1 Å². The van der Waals surface area contributed by atoms with E-state index in [0.29, 0.717) is 6.54 Å². The molecule has 0 spiro atoms. The molecule has 1 fully saturated rings. The van der Waals surface area contributed by atoms with Crippen molar-refractivity contribution in [3.05, 3.63) is 42.0 Å². The first-order chi connectivity index (χ1) is 12.3. The van der Waals surface area contributed by atoms with Gasteiger partial charge in [0.05, 0.1) is 6.54 Å². The van der Waals surface area contributed by atoms with Gasteiger partial charge in [-0.05, 0) is 32.4 Å². The van der Waals surface area contributed by atoms with Gasteiger partial charge >= 0.3 is 6.03 Å². The third-order valence-electron chi connectivity index (χ3n) is 4.33. The number of piperazine rings is 1. The molecule has 1 heterocycles. The molecule has 1 aliphatic heterocycles. The first-order valence-electron chi connectivity index (χ1n) is 9.32. The van der Waals surface area contributed by atoms with Crippen molar-refractivity contribution in [2.75, 3.05) is 39.3 Å². The standard InChI is InChI=1S/C20H30N4O2/c1-20(2,3)22-19(26)21-18(25)16-24-14-12-23(13-15-24)11-7-10-17-8-5-4-6-9-17/h4-10H,11-16H2,1-3H3,(H2,21,22,25,26)/p+2/b10-7+. The van der Waals surface area contributed by atoms with Crippen molar-refractivity contribution in [1.29, 1.82) is 0 Å². The van der Waals surface area contributed by atoms with Gasteiger partial charge in [0.15, 0.2) is 6.54 Å². The van der Waals surface area contributed by atoms with Crippen molar-refractivity contribution in [3.8, 4) is 0 Å². The Kier molecular flexibility index (Phi) is 7.36. The van der Waals surface area contributed by atoms with E-state index in [9.17, 15) is 9.59 Å². The minimum atomic E-state index is -0.419. The molecule has 0 bridgehead atoms. The Balaban J connectivity index is 1.66. The zero-order chi connectivity index (χ0) is 19.0. The molecule has 0 aliphatic carbocycles. The number of carbonyl (C=O) groups excluding carboxylic acids is 2. The minimum absolute atomic E-state index is 0.214. The lowest BCUT2D eigenvalue weighted by atomic mass is 10.1. The fourth-order valence-corrected chi connectivity index (χ4v) is 3.03. The van der Waals surface area contributed by atoms with Crippen molar-refractivity contribution in [3.63, 3.8) is 0 Å². The Bertz CT molecular complexity index is 614. The molecule has 6 heteroatoms. The lowest BCUT2D eigenvalue weighted by Gasteiger charge is -2.28. The topological polar surface area (TPSA) is 67.1 Å². The quantitative estimate of drug-likeness (QED) is 0.550. The van der Waals surface area contributed by atoms with Crippen LogP contribution in [0.25, 0.3) is 6.08 Å². The number of urea groups is 1. The molecule has 0 unspecified atom stereocenters. The van der Waals surface area contributed by atoms with E-state index < -0.39 is 6.03 Å². The Labute approximate surface area is 156 Å². The summed E-state index contributed by atoms with van der Waals surface area (Å²) < 4.78 is 0. The van der Waals surface area contributed by atoms with E-state index in [4.69, 9.17) is 0 Å². The highest BCUT2D eigenvalue weighted by Gasteiger charge is 2.25. The predicted molar refractivity (Wildman–Crippen MR) is 103 cm³/mol. The number of quaternary nitrogens is 2. The summed E-state index contributed by atoms with van der Waals surface area (Å²) in [4.78, 5) is 26.5. The summed E-state index contributed by atoms with van der Waals surface area (Å²) in [7, 11) is 0. The molecule has 4 N–H and O–H groups in total. The predicted octanol–water partition coefficient (Wildman–Crippen LogP) is -0.892. The summed E-state index contributed by atoms with van der Waals surface area (Å²) in [6.45, 7) is 11.0. The zero-order valence-corrected chi connectivity index (χ0v) is 16.1. The van der Waals surface area contributed by atoms with Crippen LogP contribution in [0.4, 0.5) is 4.79 Å². The molecule has 1 saturated heterocycles. The lowest BCUT2D eigenvalue weighted by Crippen LogP contribution is -3.28. The molecular weight excluding hydrogens is 328 g/mol. The van der Waals surface area contributed by atoms with Crippen LogP contribution in [-0.2, 0) is 4.79 Å². The fourth-order valence-electron chi connectivity index (χ4n) is 3.03. The van der Waals surface area contributed by atoms with Crippen molar-refractivity contribution in [2.24, 2.45) is 0 Å².